The van der Waals surface area contributed by atoms with Crippen LogP contribution in [0.4, 0.5) is 0 Å². The largest absolute Gasteiger partial charge is 0.478 e. The van der Waals surface area contributed by atoms with Gasteiger partial charge in [-0.05, 0) is 42.5 Å². The van der Waals surface area contributed by atoms with Crippen molar-refractivity contribution in [3.63, 3.8) is 0 Å². The van der Waals surface area contributed by atoms with Gasteiger partial charge in [-0.3, -0.25) is 4.90 Å². The third-order valence-corrected chi connectivity index (χ3v) is 6.59. The number of carboxylic acids is 1. The number of likely N-dealkylation sites (tertiary alicyclic amines) is 1. The lowest BCUT2D eigenvalue weighted by molar-refractivity contribution is -0.174. The van der Waals surface area contributed by atoms with E-state index in [2.05, 4.69) is 40.5 Å². The lowest BCUT2D eigenvalue weighted by atomic mass is 9.83. The van der Waals surface area contributed by atoms with Gasteiger partial charge in [0.2, 0.25) is 0 Å². The van der Waals surface area contributed by atoms with Crippen molar-refractivity contribution in [2.75, 3.05) is 19.7 Å². The molecule has 2 saturated heterocycles. The molecule has 5 heteroatoms. The van der Waals surface area contributed by atoms with Gasteiger partial charge in [0.1, 0.15) is 0 Å². The Morgan fingerprint density at radius 2 is 1.90 bits per heavy atom. The number of nitrogens with zero attached hydrogens (tertiary/aromatic N) is 1. The molecule has 29 heavy (non-hydrogen) atoms. The van der Waals surface area contributed by atoms with Gasteiger partial charge in [-0.2, -0.15) is 0 Å². The van der Waals surface area contributed by atoms with E-state index in [4.69, 9.17) is 9.84 Å². The summed E-state index contributed by atoms with van der Waals surface area (Å²) in [6.45, 7) is 3.60. The van der Waals surface area contributed by atoms with Gasteiger partial charge >= 0.3 is 5.97 Å². The van der Waals surface area contributed by atoms with Crippen molar-refractivity contribution in [3.05, 3.63) is 71.3 Å². The maximum absolute atomic E-state index is 11.0. The zero-order chi connectivity index (χ0) is 19.8. The molecular formula is C24H28N2O3. The van der Waals surface area contributed by atoms with Crippen molar-refractivity contribution < 1.29 is 14.6 Å². The molecule has 152 valence electrons. The first-order valence-electron chi connectivity index (χ1n) is 10.6. The number of rotatable bonds is 6. The summed E-state index contributed by atoms with van der Waals surface area (Å²) in [5, 5.41) is 12.9. The molecule has 5 nitrogen and oxygen atoms in total. The molecule has 1 aliphatic carbocycles. The van der Waals surface area contributed by atoms with Gasteiger partial charge < -0.3 is 15.2 Å². The van der Waals surface area contributed by atoms with Crippen LogP contribution in [0.25, 0.3) is 0 Å². The molecule has 2 heterocycles. The second kappa shape index (κ2) is 7.56. The van der Waals surface area contributed by atoms with E-state index in [-0.39, 0.29) is 5.60 Å². The highest BCUT2D eigenvalue weighted by Gasteiger charge is 2.49. The quantitative estimate of drug-likeness (QED) is 0.790. The van der Waals surface area contributed by atoms with Crippen LogP contribution in [0.5, 0.6) is 0 Å². The molecule has 5 rings (SSSR count). The van der Waals surface area contributed by atoms with Gasteiger partial charge in [-0.15, -0.1) is 0 Å². The summed E-state index contributed by atoms with van der Waals surface area (Å²) in [6, 6.07) is 19.2. The fourth-order valence-electron chi connectivity index (χ4n) is 5.03. The van der Waals surface area contributed by atoms with Crippen LogP contribution in [-0.2, 0) is 11.3 Å². The zero-order valence-corrected chi connectivity index (χ0v) is 16.6. The molecule has 0 bridgehead atoms. The molecule has 3 fully saturated rings. The Morgan fingerprint density at radius 1 is 1.14 bits per heavy atom. The van der Waals surface area contributed by atoms with Crippen molar-refractivity contribution in [2.24, 2.45) is 0 Å². The number of aromatic carboxylic acids is 1. The highest BCUT2D eigenvalue weighted by atomic mass is 16.5. The molecule has 2 aliphatic heterocycles. The molecule has 2 N–H and O–H groups in total. The molecule has 1 saturated carbocycles. The first kappa shape index (κ1) is 18.8. The molecule has 3 atom stereocenters. The number of hydrogen-bond acceptors (Lipinski definition) is 4. The maximum Gasteiger partial charge on any atom is 0.335 e. The monoisotopic (exact) mass is 392 g/mol. The van der Waals surface area contributed by atoms with Crippen LogP contribution in [0.15, 0.2) is 54.6 Å². The van der Waals surface area contributed by atoms with Gasteiger partial charge in [0.25, 0.3) is 0 Å². The Hall–Kier alpha value is -2.21. The third-order valence-electron chi connectivity index (χ3n) is 6.59. The number of ether oxygens (including phenoxy) is 1. The first-order valence-corrected chi connectivity index (χ1v) is 10.6. The highest BCUT2D eigenvalue weighted by molar-refractivity contribution is 5.87. The predicted molar refractivity (Wildman–Crippen MR) is 111 cm³/mol. The molecule has 1 spiro atoms. The Morgan fingerprint density at radius 3 is 2.62 bits per heavy atom. The lowest BCUT2D eigenvalue weighted by Crippen LogP contribution is -2.66. The summed E-state index contributed by atoms with van der Waals surface area (Å²) in [5.74, 6) is -0.208. The van der Waals surface area contributed by atoms with Crippen LogP contribution in [0.3, 0.4) is 0 Å². The number of hydrogen-bond donors (Lipinski definition) is 2. The summed E-state index contributed by atoms with van der Waals surface area (Å²) in [4.78, 5) is 13.4. The number of nitrogens with one attached hydrogen (secondary N) is 1. The fraction of sp³-hybridized carbons (Fsp3) is 0.458. The maximum atomic E-state index is 11.0. The molecule has 0 aromatic heterocycles. The van der Waals surface area contributed by atoms with Crippen LogP contribution >= 0.6 is 0 Å². The van der Waals surface area contributed by atoms with Crippen molar-refractivity contribution >= 4 is 5.97 Å². The van der Waals surface area contributed by atoms with Crippen LogP contribution in [-0.4, -0.2) is 53.4 Å². The standard InChI is InChI=1S/C24H28N2O3/c27-23(28)19-8-6-17(7-9-19)14-26-15-24(16-26)13-20(10-11-29-24)25-22-12-21(22)18-4-2-1-3-5-18/h1-9,20-22,25H,10-16H2,(H,27,28)/t20?,21-,22?/m0/s1. The first-order chi connectivity index (χ1) is 14.1. The topological polar surface area (TPSA) is 61.8 Å². The number of benzene rings is 2. The van der Waals surface area contributed by atoms with E-state index in [1.807, 2.05) is 12.1 Å². The Balaban J connectivity index is 1.11. The smallest absolute Gasteiger partial charge is 0.335 e. The molecule has 2 aromatic rings. The van der Waals surface area contributed by atoms with Crippen molar-refractivity contribution in [2.45, 2.75) is 49.4 Å². The summed E-state index contributed by atoms with van der Waals surface area (Å²) < 4.78 is 6.20. The summed E-state index contributed by atoms with van der Waals surface area (Å²) >= 11 is 0. The zero-order valence-electron chi connectivity index (χ0n) is 16.6. The van der Waals surface area contributed by atoms with E-state index in [0.717, 1.165) is 44.6 Å². The molecule has 2 aromatic carbocycles. The Kier molecular flexibility index (Phi) is 4.90. The number of carbonyl (C=O) groups is 1. The lowest BCUT2D eigenvalue weighted by Gasteiger charge is -2.53. The Labute approximate surface area is 171 Å². The summed E-state index contributed by atoms with van der Waals surface area (Å²) in [5.41, 5.74) is 2.94. The molecule has 2 unspecified atom stereocenters. The predicted octanol–water partition coefficient (Wildman–Crippen LogP) is 3.26. The van der Waals surface area contributed by atoms with Crippen LogP contribution in [0.1, 0.15) is 46.7 Å². The minimum Gasteiger partial charge on any atom is -0.478 e. The van der Waals surface area contributed by atoms with Crippen LogP contribution < -0.4 is 5.32 Å². The van der Waals surface area contributed by atoms with Crippen LogP contribution in [0, 0.1) is 0 Å². The summed E-state index contributed by atoms with van der Waals surface area (Å²) in [7, 11) is 0. The van der Waals surface area contributed by atoms with Gasteiger partial charge in [0.15, 0.2) is 0 Å². The van der Waals surface area contributed by atoms with E-state index in [9.17, 15) is 4.79 Å². The van der Waals surface area contributed by atoms with E-state index < -0.39 is 5.97 Å². The number of carboxylic acid groups (broad SMARTS) is 1. The van der Waals surface area contributed by atoms with Gasteiger partial charge in [0.05, 0.1) is 11.2 Å². The fourth-order valence-corrected chi connectivity index (χ4v) is 5.03. The second-order valence-corrected chi connectivity index (χ2v) is 8.89. The SMILES string of the molecule is O=C(O)c1ccc(CN2CC3(CC(NC4C[C@H]4c4ccccc4)CCO3)C2)cc1. The van der Waals surface area contributed by atoms with E-state index in [0.29, 0.717) is 23.6 Å². The average molecular weight is 392 g/mol. The van der Waals surface area contributed by atoms with E-state index >= 15 is 0 Å². The van der Waals surface area contributed by atoms with Crippen molar-refractivity contribution in [1.82, 2.24) is 10.2 Å². The van der Waals surface area contributed by atoms with Crippen molar-refractivity contribution in [1.29, 1.82) is 0 Å². The normalized spacial score (nSPS) is 28.1. The highest BCUT2D eigenvalue weighted by Crippen LogP contribution is 2.42. The minimum atomic E-state index is -0.876. The van der Waals surface area contributed by atoms with Crippen LogP contribution in [0.2, 0.25) is 0 Å². The van der Waals surface area contributed by atoms with Gasteiger partial charge in [0, 0.05) is 44.2 Å². The molecule has 0 amide bonds. The Bertz CT molecular complexity index is 861. The molecule has 0 radical (unpaired) electrons. The molecule has 3 aliphatic rings. The minimum absolute atomic E-state index is 0.00590. The van der Waals surface area contributed by atoms with Gasteiger partial charge in [-0.25, -0.2) is 4.79 Å². The molecular weight excluding hydrogens is 364 g/mol. The van der Waals surface area contributed by atoms with Crippen molar-refractivity contribution in [3.8, 4) is 0 Å². The average Bonchev–Trinajstić information content (AvgIpc) is 3.47. The third kappa shape index (κ3) is 4.08. The van der Waals surface area contributed by atoms with E-state index in [1.54, 1.807) is 12.1 Å². The van der Waals surface area contributed by atoms with E-state index in [1.165, 1.54) is 12.0 Å². The summed E-state index contributed by atoms with van der Waals surface area (Å²) in [6.07, 6.45) is 3.42. The van der Waals surface area contributed by atoms with Gasteiger partial charge in [-0.1, -0.05) is 42.5 Å². The second-order valence-electron chi connectivity index (χ2n) is 8.89.